The molecule has 236 valence electrons. The summed E-state index contributed by atoms with van der Waals surface area (Å²) in [5.74, 6) is -9.97. The Bertz CT molecular complexity index is 1030. The van der Waals surface area contributed by atoms with E-state index < -0.39 is 104 Å². The minimum absolute atomic E-state index is 0.0295. The van der Waals surface area contributed by atoms with Crippen molar-refractivity contribution in [2.45, 2.75) is 77.0 Å². The number of carboxylic acids is 3. The molecule has 0 heterocycles. The van der Waals surface area contributed by atoms with Gasteiger partial charge >= 0.3 is 17.9 Å². The molecule has 0 rings (SSSR count). The predicted octanol–water partition coefficient (Wildman–Crippen LogP) is -3.54. The van der Waals surface area contributed by atoms with E-state index >= 15 is 0 Å². The summed E-state index contributed by atoms with van der Waals surface area (Å²) in [7, 11) is 0. The van der Waals surface area contributed by atoms with Gasteiger partial charge in [0.15, 0.2) is 5.78 Å². The summed E-state index contributed by atoms with van der Waals surface area (Å²) in [6, 6.07) is -5.18. The number of Topliss-reactive ketones (excluding diaryl/α,β-unsaturated/α-hetero) is 1. The largest absolute Gasteiger partial charge is 0.481 e. The summed E-state index contributed by atoms with van der Waals surface area (Å²) in [5.41, 5.74) is 0. The van der Waals surface area contributed by atoms with E-state index in [4.69, 9.17) is 10.2 Å². The zero-order chi connectivity index (χ0) is 32.4. The minimum atomic E-state index is -1.87. The van der Waals surface area contributed by atoms with E-state index in [1.807, 2.05) is 24.5 Å². The Hall–Kier alpha value is -4.61. The molecule has 3 unspecified atom stereocenters. The molecular formula is C24H38N6O12. The Morgan fingerprint density at radius 3 is 1.43 bits per heavy atom. The number of nitrogens with one attached hydrogen (secondary N) is 6. The fourth-order valence-corrected chi connectivity index (χ4v) is 3.18. The van der Waals surface area contributed by atoms with E-state index in [1.165, 1.54) is 0 Å². The lowest BCUT2D eigenvalue weighted by molar-refractivity contribution is -0.144. The number of aliphatic carboxylic acids is 3. The summed E-state index contributed by atoms with van der Waals surface area (Å²) < 4.78 is 0. The fourth-order valence-electron chi connectivity index (χ4n) is 3.18. The van der Waals surface area contributed by atoms with Crippen LogP contribution < -0.4 is 31.9 Å². The van der Waals surface area contributed by atoms with Gasteiger partial charge in [0.05, 0.1) is 44.9 Å². The van der Waals surface area contributed by atoms with Crippen LogP contribution in [0.3, 0.4) is 0 Å². The van der Waals surface area contributed by atoms with E-state index in [0.717, 1.165) is 0 Å². The molecule has 0 aliphatic heterocycles. The highest BCUT2D eigenvalue weighted by Crippen LogP contribution is 2.04. The number of hydrogen-bond acceptors (Lipinski definition) is 10. The van der Waals surface area contributed by atoms with Crippen molar-refractivity contribution in [3.05, 3.63) is 0 Å². The van der Waals surface area contributed by atoms with Gasteiger partial charge in [0, 0.05) is 12.5 Å². The first-order valence-corrected chi connectivity index (χ1v) is 12.9. The lowest BCUT2D eigenvalue weighted by Gasteiger charge is -2.23. The second-order valence-electron chi connectivity index (χ2n) is 9.34. The van der Waals surface area contributed by atoms with Gasteiger partial charge in [-0.25, -0.2) is 0 Å². The molecule has 0 aliphatic rings. The van der Waals surface area contributed by atoms with Crippen molar-refractivity contribution in [1.29, 1.82) is 0 Å². The number of amides is 5. The summed E-state index contributed by atoms with van der Waals surface area (Å²) in [4.78, 5) is 107. The highest BCUT2D eigenvalue weighted by Gasteiger charge is 2.32. The Morgan fingerprint density at radius 2 is 0.976 bits per heavy atom. The molecule has 0 aromatic rings. The molecule has 0 aromatic heterocycles. The van der Waals surface area contributed by atoms with E-state index in [-0.39, 0.29) is 19.0 Å². The predicted molar refractivity (Wildman–Crippen MR) is 142 cm³/mol. The fraction of sp³-hybridized carbons (Fsp3) is 0.625. The molecule has 18 nitrogen and oxygen atoms in total. The molecule has 0 radical (unpaired) electrons. The molecule has 42 heavy (non-hydrogen) atoms. The van der Waals surface area contributed by atoms with Crippen LogP contribution in [0.15, 0.2) is 0 Å². The number of ketones is 1. The Kier molecular flexibility index (Phi) is 17.3. The van der Waals surface area contributed by atoms with Crippen molar-refractivity contribution in [2.24, 2.45) is 0 Å². The topological polar surface area (TPSA) is 286 Å². The van der Waals surface area contributed by atoms with E-state index in [0.29, 0.717) is 6.42 Å². The quantitative estimate of drug-likeness (QED) is 0.0616. The van der Waals surface area contributed by atoms with Gasteiger partial charge in [-0.3, -0.25) is 43.2 Å². The average Bonchev–Trinajstić information content (AvgIpc) is 2.87. The van der Waals surface area contributed by atoms with E-state index in [9.17, 15) is 48.3 Å². The maximum absolute atomic E-state index is 12.8. The summed E-state index contributed by atoms with van der Waals surface area (Å²) in [5, 5.41) is 40.8. The summed E-state index contributed by atoms with van der Waals surface area (Å²) in [6.07, 6.45) is -2.58. The monoisotopic (exact) mass is 602 g/mol. The normalized spacial score (nSPS) is 12.7. The Morgan fingerprint density at radius 1 is 0.571 bits per heavy atom. The van der Waals surface area contributed by atoms with Crippen LogP contribution in [-0.4, -0.2) is 112 Å². The number of carbonyl (C=O) groups excluding carboxylic acids is 6. The molecule has 18 heteroatoms. The molecule has 0 bridgehead atoms. The lowest BCUT2D eigenvalue weighted by Crippen LogP contribution is -2.57. The first-order chi connectivity index (χ1) is 19.5. The van der Waals surface area contributed by atoms with Crippen LogP contribution in [-0.2, 0) is 43.2 Å². The molecule has 9 N–H and O–H groups in total. The lowest BCUT2D eigenvalue weighted by atomic mass is 10.0. The zero-order valence-electron chi connectivity index (χ0n) is 23.5. The Labute approximate surface area is 240 Å². The van der Waals surface area contributed by atoms with Gasteiger partial charge in [0.2, 0.25) is 29.5 Å². The maximum Gasteiger partial charge on any atom is 0.305 e. The van der Waals surface area contributed by atoms with Gasteiger partial charge in [-0.05, 0) is 6.42 Å². The van der Waals surface area contributed by atoms with Gasteiger partial charge in [-0.2, -0.15) is 0 Å². The number of carbonyl (C=O) groups is 9. The SMILES string of the molecule is CCCC(=O)C(CC(=O)O)NC(=O)C(CC(=O)O)NC(=O)C(CC(=O)O)NC(=O)CNC(=O)CNC(=O)CNC(C)C. The third-order valence-electron chi connectivity index (χ3n) is 5.19. The molecule has 0 aliphatic carbocycles. The molecule has 0 saturated heterocycles. The Balaban J connectivity index is 5.34. The van der Waals surface area contributed by atoms with Crippen LogP contribution in [0.4, 0.5) is 0 Å². The molecule has 5 amide bonds. The second kappa shape index (κ2) is 19.5. The third-order valence-corrected chi connectivity index (χ3v) is 5.19. The number of carboxylic acid groups (broad SMARTS) is 3. The highest BCUT2D eigenvalue weighted by atomic mass is 16.4. The van der Waals surface area contributed by atoms with Gasteiger partial charge in [-0.1, -0.05) is 20.8 Å². The summed E-state index contributed by atoms with van der Waals surface area (Å²) in [6.45, 7) is 4.02. The molecule has 0 fully saturated rings. The van der Waals surface area contributed by atoms with Crippen LogP contribution in [0.2, 0.25) is 0 Å². The van der Waals surface area contributed by atoms with Gasteiger partial charge < -0.3 is 47.2 Å². The van der Waals surface area contributed by atoms with Crippen LogP contribution in [0.25, 0.3) is 0 Å². The van der Waals surface area contributed by atoms with Gasteiger partial charge in [0.25, 0.3) is 0 Å². The first kappa shape index (κ1) is 37.4. The molecule has 0 saturated carbocycles. The van der Waals surface area contributed by atoms with E-state index in [1.54, 1.807) is 6.92 Å². The molecule has 0 spiro atoms. The number of rotatable bonds is 21. The smallest absolute Gasteiger partial charge is 0.305 e. The standard InChI is InChI=1S/C24H38N6O12/c1-4-5-16(31)13(6-20(35)36)29-24(42)15(8-22(39)40)30-23(41)14(7-21(37)38)28-19(34)11-27-18(33)10-26-17(32)9-25-12(2)3/h12-15,25H,4-11H2,1-3H3,(H,26,32)(H,27,33)(H,28,34)(H,29,42)(H,30,41)(H,35,36)(H,37,38)(H,39,40). The van der Waals surface area contributed by atoms with Crippen molar-refractivity contribution in [1.82, 2.24) is 31.9 Å². The average molecular weight is 603 g/mol. The van der Waals surface area contributed by atoms with Crippen molar-refractivity contribution in [3.8, 4) is 0 Å². The van der Waals surface area contributed by atoms with Crippen LogP contribution >= 0.6 is 0 Å². The molecule has 3 atom stereocenters. The van der Waals surface area contributed by atoms with Crippen molar-refractivity contribution in [3.63, 3.8) is 0 Å². The van der Waals surface area contributed by atoms with Crippen LogP contribution in [0.5, 0.6) is 0 Å². The number of hydrogen-bond donors (Lipinski definition) is 9. The zero-order valence-corrected chi connectivity index (χ0v) is 23.5. The molecule has 0 aromatic carbocycles. The van der Waals surface area contributed by atoms with Crippen LogP contribution in [0, 0.1) is 0 Å². The van der Waals surface area contributed by atoms with Crippen molar-refractivity contribution < 1.29 is 58.5 Å². The third kappa shape index (κ3) is 17.2. The second-order valence-corrected chi connectivity index (χ2v) is 9.34. The summed E-state index contributed by atoms with van der Waals surface area (Å²) >= 11 is 0. The van der Waals surface area contributed by atoms with Gasteiger partial charge in [-0.15, -0.1) is 0 Å². The van der Waals surface area contributed by atoms with Crippen LogP contribution in [0.1, 0.15) is 52.9 Å². The van der Waals surface area contributed by atoms with E-state index in [2.05, 4.69) is 21.3 Å². The highest BCUT2D eigenvalue weighted by molar-refractivity contribution is 5.98. The minimum Gasteiger partial charge on any atom is -0.481 e. The van der Waals surface area contributed by atoms with Crippen molar-refractivity contribution in [2.75, 3.05) is 19.6 Å². The maximum atomic E-state index is 12.8. The van der Waals surface area contributed by atoms with Crippen molar-refractivity contribution >= 4 is 53.2 Å². The molecular weight excluding hydrogens is 564 g/mol. The van der Waals surface area contributed by atoms with Gasteiger partial charge in [0.1, 0.15) is 12.1 Å². The first-order valence-electron chi connectivity index (χ1n) is 12.9.